The first kappa shape index (κ1) is 16.6. The van der Waals surface area contributed by atoms with E-state index in [2.05, 4.69) is 17.6 Å². The fraction of sp³-hybridized carbons (Fsp3) is 0.619. The van der Waals surface area contributed by atoms with Gasteiger partial charge < -0.3 is 10.3 Å². The van der Waals surface area contributed by atoms with Crippen molar-refractivity contribution in [2.75, 3.05) is 0 Å². The highest BCUT2D eigenvalue weighted by atomic mass is 16.1. The predicted molar refractivity (Wildman–Crippen MR) is 101 cm³/mol. The number of carbonyl (C=O) groups is 1. The molecule has 25 heavy (non-hydrogen) atoms. The summed E-state index contributed by atoms with van der Waals surface area (Å²) in [5.74, 6) is 2.30. The molecule has 134 valence electrons. The molecular formula is C21H29N3O. The molecule has 2 N–H and O–H groups in total. The molecule has 0 bridgehead atoms. The highest BCUT2D eigenvalue weighted by Crippen LogP contribution is 2.38. The van der Waals surface area contributed by atoms with Crippen molar-refractivity contribution in [3.8, 4) is 0 Å². The van der Waals surface area contributed by atoms with Gasteiger partial charge in [-0.05, 0) is 42.9 Å². The molecule has 4 rings (SSSR count). The topological polar surface area (TPSA) is 60.9 Å². The third-order valence-electron chi connectivity index (χ3n) is 6.39. The summed E-state index contributed by atoms with van der Waals surface area (Å²) in [5, 5.41) is 0. The summed E-state index contributed by atoms with van der Waals surface area (Å²) in [7, 11) is 0. The summed E-state index contributed by atoms with van der Waals surface area (Å²) in [4.78, 5) is 16.5. The van der Waals surface area contributed by atoms with Gasteiger partial charge in [-0.1, -0.05) is 45.4 Å². The van der Waals surface area contributed by atoms with Gasteiger partial charge in [-0.15, -0.1) is 0 Å². The number of hydrogen-bond acceptors (Lipinski definition) is 2. The zero-order chi connectivity index (χ0) is 17.4. The molecule has 2 unspecified atom stereocenters. The van der Waals surface area contributed by atoms with Crippen LogP contribution in [0.25, 0.3) is 11.0 Å². The highest BCUT2D eigenvalue weighted by Gasteiger charge is 2.28. The Morgan fingerprint density at radius 1 is 1.16 bits per heavy atom. The lowest BCUT2D eigenvalue weighted by atomic mass is 9.85. The summed E-state index contributed by atoms with van der Waals surface area (Å²) in [6.45, 7) is 2.38. The Morgan fingerprint density at radius 2 is 1.88 bits per heavy atom. The van der Waals surface area contributed by atoms with E-state index in [1.54, 1.807) is 0 Å². The number of carbonyl (C=O) groups excluding carboxylic acids is 1. The summed E-state index contributed by atoms with van der Waals surface area (Å²) in [5.41, 5.74) is 8.14. The fourth-order valence-corrected chi connectivity index (χ4v) is 4.97. The number of fused-ring (bicyclic) bond motifs is 1. The lowest BCUT2D eigenvalue weighted by molar-refractivity contribution is 0.100. The summed E-state index contributed by atoms with van der Waals surface area (Å²) in [6.07, 6.45) is 11.6. The number of nitrogens with zero attached hydrogens (tertiary/aromatic N) is 2. The molecule has 0 saturated heterocycles. The number of imidazole rings is 1. The zero-order valence-electron chi connectivity index (χ0n) is 15.2. The van der Waals surface area contributed by atoms with Gasteiger partial charge in [-0.25, -0.2) is 4.98 Å². The van der Waals surface area contributed by atoms with E-state index < -0.39 is 0 Å². The SMILES string of the molecule is CC1CCCCC1n1c(CC2CCCC2)nc2cc(C(N)=O)ccc21. The molecule has 4 heteroatoms. The first-order valence-electron chi connectivity index (χ1n) is 9.94. The molecule has 0 aliphatic heterocycles. The molecule has 0 spiro atoms. The van der Waals surface area contributed by atoms with Crippen molar-refractivity contribution >= 4 is 16.9 Å². The highest BCUT2D eigenvalue weighted by molar-refractivity contribution is 5.96. The van der Waals surface area contributed by atoms with Gasteiger partial charge in [-0.2, -0.15) is 0 Å². The van der Waals surface area contributed by atoms with Crippen LogP contribution in [0.1, 0.15) is 80.5 Å². The van der Waals surface area contributed by atoms with Gasteiger partial charge in [0.15, 0.2) is 0 Å². The maximum Gasteiger partial charge on any atom is 0.248 e. The molecule has 2 aliphatic rings. The molecule has 1 heterocycles. The van der Waals surface area contributed by atoms with Gasteiger partial charge in [-0.3, -0.25) is 4.79 Å². The maximum atomic E-state index is 11.6. The first-order valence-corrected chi connectivity index (χ1v) is 9.94. The van der Waals surface area contributed by atoms with Gasteiger partial charge in [0, 0.05) is 18.0 Å². The summed E-state index contributed by atoms with van der Waals surface area (Å²) in [6, 6.07) is 6.33. The largest absolute Gasteiger partial charge is 0.366 e. The van der Waals surface area contributed by atoms with Gasteiger partial charge >= 0.3 is 0 Å². The zero-order valence-corrected chi connectivity index (χ0v) is 15.2. The minimum atomic E-state index is -0.375. The lowest BCUT2D eigenvalue weighted by Gasteiger charge is -2.32. The van der Waals surface area contributed by atoms with E-state index in [1.165, 1.54) is 62.7 Å². The second-order valence-corrected chi connectivity index (χ2v) is 8.15. The van der Waals surface area contributed by atoms with Gasteiger partial charge in [0.25, 0.3) is 0 Å². The van der Waals surface area contributed by atoms with Crippen LogP contribution in [0.15, 0.2) is 18.2 Å². The smallest absolute Gasteiger partial charge is 0.248 e. The monoisotopic (exact) mass is 339 g/mol. The molecule has 1 amide bonds. The number of primary amides is 1. The van der Waals surface area contributed by atoms with Crippen LogP contribution in [-0.2, 0) is 6.42 Å². The normalized spacial score (nSPS) is 24.8. The van der Waals surface area contributed by atoms with E-state index in [0.717, 1.165) is 17.9 Å². The third kappa shape index (κ3) is 3.19. The van der Waals surface area contributed by atoms with E-state index in [9.17, 15) is 4.79 Å². The number of benzene rings is 1. The Balaban J connectivity index is 1.79. The maximum absolute atomic E-state index is 11.6. The van der Waals surface area contributed by atoms with Crippen LogP contribution in [0, 0.1) is 11.8 Å². The van der Waals surface area contributed by atoms with Crippen molar-refractivity contribution in [2.24, 2.45) is 17.6 Å². The average molecular weight is 339 g/mol. The van der Waals surface area contributed by atoms with Crippen LogP contribution in [0.2, 0.25) is 0 Å². The minimum Gasteiger partial charge on any atom is -0.366 e. The van der Waals surface area contributed by atoms with Crippen molar-refractivity contribution < 1.29 is 4.79 Å². The molecular weight excluding hydrogens is 310 g/mol. The molecule has 1 aromatic heterocycles. The molecule has 0 radical (unpaired) electrons. The van der Waals surface area contributed by atoms with Crippen molar-refractivity contribution in [2.45, 2.75) is 70.8 Å². The van der Waals surface area contributed by atoms with Gasteiger partial charge in [0.2, 0.25) is 5.91 Å². The Labute approximate surface area is 149 Å². The molecule has 1 aromatic carbocycles. The second-order valence-electron chi connectivity index (χ2n) is 8.15. The number of amides is 1. The molecule has 4 nitrogen and oxygen atoms in total. The van der Waals surface area contributed by atoms with Crippen molar-refractivity contribution in [3.05, 3.63) is 29.6 Å². The third-order valence-corrected chi connectivity index (χ3v) is 6.39. The first-order chi connectivity index (χ1) is 12.1. The Hall–Kier alpha value is -1.84. The number of nitrogens with two attached hydrogens (primary N) is 1. The van der Waals surface area contributed by atoms with Crippen LogP contribution in [0.3, 0.4) is 0 Å². The number of aromatic nitrogens is 2. The van der Waals surface area contributed by atoms with E-state index in [1.807, 2.05) is 12.1 Å². The molecule has 2 aromatic rings. The van der Waals surface area contributed by atoms with E-state index in [0.29, 0.717) is 17.5 Å². The van der Waals surface area contributed by atoms with Gasteiger partial charge in [0.05, 0.1) is 11.0 Å². The second kappa shape index (κ2) is 6.81. The van der Waals surface area contributed by atoms with Gasteiger partial charge in [0.1, 0.15) is 5.82 Å². The van der Waals surface area contributed by atoms with Crippen molar-refractivity contribution in [3.63, 3.8) is 0 Å². The van der Waals surface area contributed by atoms with Crippen molar-refractivity contribution in [1.82, 2.24) is 9.55 Å². The Bertz CT molecular complexity index is 773. The lowest BCUT2D eigenvalue weighted by Crippen LogP contribution is -2.23. The van der Waals surface area contributed by atoms with Crippen LogP contribution < -0.4 is 5.73 Å². The Morgan fingerprint density at radius 3 is 2.60 bits per heavy atom. The van der Waals surface area contributed by atoms with Crippen LogP contribution in [0.5, 0.6) is 0 Å². The Kier molecular flexibility index (Phi) is 4.53. The van der Waals surface area contributed by atoms with E-state index >= 15 is 0 Å². The number of rotatable bonds is 4. The van der Waals surface area contributed by atoms with Crippen LogP contribution >= 0.6 is 0 Å². The van der Waals surface area contributed by atoms with E-state index in [4.69, 9.17) is 10.7 Å². The van der Waals surface area contributed by atoms with Crippen LogP contribution in [0.4, 0.5) is 0 Å². The van der Waals surface area contributed by atoms with Crippen LogP contribution in [-0.4, -0.2) is 15.5 Å². The standard InChI is InChI=1S/C21H29N3O/c1-14-6-2-5-9-18(14)24-19-11-10-16(21(22)25)13-17(19)23-20(24)12-15-7-3-4-8-15/h10-11,13-15,18H,2-9,12H2,1H3,(H2,22,25). The minimum absolute atomic E-state index is 0.375. The van der Waals surface area contributed by atoms with Crippen molar-refractivity contribution in [1.29, 1.82) is 0 Å². The predicted octanol–water partition coefficient (Wildman–Crippen LogP) is 4.62. The number of hydrogen-bond donors (Lipinski definition) is 1. The molecule has 2 fully saturated rings. The summed E-state index contributed by atoms with van der Waals surface area (Å²) < 4.78 is 2.52. The van der Waals surface area contributed by atoms with E-state index in [-0.39, 0.29) is 5.91 Å². The molecule has 2 saturated carbocycles. The summed E-state index contributed by atoms with van der Waals surface area (Å²) >= 11 is 0. The quantitative estimate of drug-likeness (QED) is 0.883. The molecule has 2 atom stereocenters. The fourth-order valence-electron chi connectivity index (χ4n) is 4.97. The average Bonchev–Trinajstić information content (AvgIpc) is 3.22. The molecule has 2 aliphatic carbocycles.